The standard InChI is InChI=1S/C15H20FN3/c1-17-11-12(13-5-3-4-6-14(13)16)7-8-15-18-9-10-19(15)2/h3-6,9-10,12,17H,7-8,11H2,1-2H3. The molecule has 2 rings (SSSR count). The number of imidazole rings is 1. The first-order valence-electron chi connectivity index (χ1n) is 6.57. The van der Waals surface area contributed by atoms with E-state index in [4.69, 9.17) is 0 Å². The van der Waals surface area contributed by atoms with Crippen LogP contribution in [0.3, 0.4) is 0 Å². The molecule has 0 saturated heterocycles. The van der Waals surface area contributed by atoms with Gasteiger partial charge in [-0.3, -0.25) is 0 Å². The van der Waals surface area contributed by atoms with Crippen molar-refractivity contribution in [2.45, 2.75) is 18.8 Å². The highest BCUT2D eigenvalue weighted by Crippen LogP contribution is 2.23. The summed E-state index contributed by atoms with van der Waals surface area (Å²) < 4.78 is 15.9. The van der Waals surface area contributed by atoms with E-state index in [1.54, 1.807) is 12.3 Å². The lowest BCUT2D eigenvalue weighted by Crippen LogP contribution is -2.19. The number of nitrogens with one attached hydrogen (secondary N) is 1. The van der Waals surface area contributed by atoms with Crippen LogP contribution in [0, 0.1) is 5.82 Å². The summed E-state index contributed by atoms with van der Waals surface area (Å²) in [4.78, 5) is 4.31. The van der Waals surface area contributed by atoms with E-state index in [2.05, 4.69) is 10.3 Å². The molecule has 2 aromatic rings. The Hall–Kier alpha value is -1.68. The second kappa shape index (κ2) is 6.48. The van der Waals surface area contributed by atoms with Crippen LogP contribution in [0.25, 0.3) is 0 Å². The van der Waals surface area contributed by atoms with Gasteiger partial charge in [-0.1, -0.05) is 18.2 Å². The van der Waals surface area contributed by atoms with E-state index < -0.39 is 0 Å². The summed E-state index contributed by atoms with van der Waals surface area (Å²) in [5, 5.41) is 3.14. The number of likely N-dealkylation sites (N-methyl/N-ethyl adjacent to an activating group) is 1. The van der Waals surface area contributed by atoms with Gasteiger partial charge in [-0.2, -0.15) is 0 Å². The van der Waals surface area contributed by atoms with Gasteiger partial charge >= 0.3 is 0 Å². The Labute approximate surface area is 113 Å². The number of hydrogen-bond acceptors (Lipinski definition) is 2. The van der Waals surface area contributed by atoms with E-state index >= 15 is 0 Å². The summed E-state index contributed by atoms with van der Waals surface area (Å²) in [6, 6.07) is 7.02. The van der Waals surface area contributed by atoms with Crippen molar-refractivity contribution in [2.75, 3.05) is 13.6 Å². The Bertz CT molecular complexity index is 522. The van der Waals surface area contributed by atoms with Gasteiger partial charge in [0.05, 0.1) is 0 Å². The smallest absolute Gasteiger partial charge is 0.126 e. The third-order valence-corrected chi connectivity index (χ3v) is 3.43. The van der Waals surface area contributed by atoms with E-state index in [-0.39, 0.29) is 11.7 Å². The minimum atomic E-state index is -0.123. The molecule has 1 atom stereocenters. The van der Waals surface area contributed by atoms with Crippen molar-refractivity contribution in [2.24, 2.45) is 7.05 Å². The Kier molecular flexibility index (Phi) is 4.68. The third kappa shape index (κ3) is 3.41. The molecular weight excluding hydrogens is 241 g/mol. The Morgan fingerprint density at radius 3 is 2.79 bits per heavy atom. The SMILES string of the molecule is CNCC(CCc1nccn1C)c1ccccc1F. The number of hydrogen-bond donors (Lipinski definition) is 1. The molecule has 102 valence electrons. The molecule has 0 aliphatic rings. The summed E-state index contributed by atoms with van der Waals surface area (Å²) in [6.07, 6.45) is 5.47. The van der Waals surface area contributed by atoms with Crippen LogP contribution in [0.2, 0.25) is 0 Å². The number of benzene rings is 1. The number of nitrogens with zero attached hydrogens (tertiary/aromatic N) is 2. The molecule has 1 heterocycles. The zero-order valence-corrected chi connectivity index (χ0v) is 11.4. The molecule has 0 radical (unpaired) electrons. The van der Waals surface area contributed by atoms with Crippen molar-refractivity contribution < 1.29 is 4.39 Å². The molecule has 0 amide bonds. The molecule has 3 nitrogen and oxygen atoms in total. The summed E-state index contributed by atoms with van der Waals surface area (Å²) in [5.74, 6) is 1.09. The van der Waals surface area contributed by atoms with Gasteiger partial charge in [0, 0.05) is 32.4 Å². The first-order chi connectivity index (χ1) is 9.22. The van der Waals surface area contributed by atoms with Crippen molar-refractivity contribution in [3.63, 3.8) is 0 Å². The van der Waals surface area contributed by atoms with Crippen LogP contribution in [0.1, 0.15) is 23.7 Å². The van der Waals surface area contributed by atoms with E-state index in [0.29, 0.717) is 0 Å². The molecule has 1 N–H and O–H groups in total. The maximum Gasteiger partial charge on any atom is 0.126 e. The van der Waals surface area contributed by atoms with Crippen molar-refractivity contribution in [1.29, 1.82) is 0 Å². The molecule has 0 spiro atoms. The fourth-order valence-corrected chi connectivity index (χ4v) is 2.36. The fraction of sp³-hybridized carbons (Fsp3) is 0.400. The van der Waals surface area contributed by atoms with Crippen molar-refractivity contribution in [1.82, 2.24) is 14.9 Å². The van der Waals surface area contributed by atoms with Crippen molar-refractivity contribution in [3.8, 4) is 0 Å². The zero-order valence-electron chi connectivity index (χ0n) is 11.4. The molecule has 1 unspecified atom stereocenters. The molecule has 0 fully saturated rings. The molecule has 1 aromatic carbocycles. The Morgan fingerprint density at radius 2 is 2.16 bits per heavy atom. The lowest BCUT2D eigenvalue weighted by Gasteiger charge is -2.17. The van der Waals surface area contributed by atoms with Crippen molar-refractivity contribution >= 4 is 0 Å². The number of aryl methyl sites for hydroxylation is 2. The quantitative estimate of drug-likeness (QED) is 0.866. The molecule has 19 heavy (non-hydrogen) atoms. The molecule has 0 aliphatic carbocycles. The van der Waals surface area contributed by atoms with Crippen LogP contribution < -0.4 is 5.32 Å². The Morgan fingerprint density at radius 1 is 1.37 bits per heavy atom. The topological polar surface area (TPSA) is 29.9 Å². The monoisotopic (exact) mass is 261 g/mol. The highest BCUT2D eigenvalue weighted by atomic mass is 19.1. The van der Waals surface area contributed by atoms with Gasteiger partial charge in [-0.15, -0.1) is 0 Å². The van der Waals surface area contributed by atoms with Gasteiger partial charge in [-0.25, -0.2) is 9.37 Å². The predicted molar refractivity (Wildman–Crippen MR) is 74.6 cm³/mol. The number of halogens is 1. The van der Waals surface area contributed by atoms with E-state index in [1.807, 2.05) is 37.0 Å². The van der Waals surface area contributed by atoms with Gasteiger partial charge < -0.3 is 9.88 Å². The minimum Gasteiger partial charge on any atom is -0.338 e. The highest BCUT2D eigenvalue weighted by molar-refractivity contribution is 5.22. The van der Waals surface area contributed by atoms with Crippen LogP contribution in [0.4, 0.5) is 4.39 Å². The van der Waals surface area contributed by atoms with Crippen LogP contribution in [-0.4, -0.2) is 23.1 Å². The molecule has 0 aliphatic heterocycles. The number of rotatable bonds is 6. The summed E-state index contributed by atoms with van der Waals surface area (Å²) >= 11 is 0. The van der Waals surface area contributed by atoms with Gasteiger partial charge in [0.1, 0.15) is 11.6 Å². The van der Waals surface area contributed by atoms with Crippen LogP contribution in [0.15, 0.2) is 36.7 Å². The van der Waals surface area contributed by atoms with Gasteiger partial charge in [0.2, 0.25) is 0 Å². The predicted octanol–water partition coefficient (Wildman–Crippen LogP) is 2.50. The largest absolute Gasteiger partial charge is 0.338 e. The minimum absolute atomic E-state index is 0.123. The van der Waals surface area contributed by atoms with E-state index in [1.165, 1.54) is 6.07 Å². The number of aromatic nitrogens is 2. The first kappa shape index (κ1) is 13.7. The fourth-order valence-electron chi connectivity index (χ4n) is 2.36. The molecule has 1 aromatic heterocycles. The molecule has 0 bridgehead atoms. The normalized spacial score (nSPS) is 12.6. The lowest BCUT2D eigenvalue weighted by atomic mass is 9.93. The summed E-state index contributed by atoms with van der Waals surface area (Å²) in [7, 11) is 3.88. The third-order valence-electron chi connectivity index (χ3n) is 3.43. The maximum absolute atomic E-state index is 13.9. The van der Waals surface area contributed by atoms with Crippen LogP contribution in [-0.2, 0) is 13.5 Å². The highest BCUT2D eigenvalue weighted by Gasteiger charge is 2.15. The van der Waals surface area contributed by atoms with Gasteiger partial charge in [0.25, 0.3) is 0 Å². The average Bonchev–Trinajstić information content (AvgIpc) is 2.81. The zero-order chi connectivity index (χ0) is 13.7. The van der Waals surface area contributed by atoms with E-state index in [9.17, 15) is 4.39 Å². The lowest BCUT2D eigenvalue weighted by molar-refractivity contribution is 0.527. The van der Waals surface area contributed by atoms with Gasteiger partial charge in [0.15, 0.2) is 0 Å². The molecule has 4 heteroatoms. The molecule has 0 saturated carbocycles. The second-order valence-electron chi connectivity index (χ2n) is 4.77. The van der Waals surface area contributed by atoms with Gasteiger partial charge in [-0.05, 0) is 31.0 Å². The van der Waals surface area contributed by atoms with E-state index in [0.717, 1.165) is 30.8 Å². The summed E-state index contributed by atoms with van der Waals surface area (Å²) in [5.41, 5.74) is 0.783. The van der Waals surface area contributed by atoms with Crippen LogP contribution >= 0.6 is 0 Å². The second-order valence-corrected chi connectivity index (χ2v) is 4.77. The first-order valence-corrected chi connectivity index (χ1v) is 6.57. The average molecular weight is 261 g/mol. The van der Waals surface area contributed by atoms with Crippen LogP contribution in [0.5, 0.6) is 0 Å². The summed E-state index contributed by atoms with van der Waals surface area (Å²) in [6.45, 7) is 0.769. The Balaban J connectivity index is 2.09. The maximum atomic E-state index is 13.9. The van der Waals surface area contributed by atoms with Crippen molar-refractivity contribution in [3.05, 3.63) is 53.9 Å². The molecular formula is C15H20FN3.